The molecule has 1 aliphatic rings. The highest BCUT2D eigenvalue weighted by Gasteiger charge is 2.32. The predicted octanol–water partition coefficient (Wildman–Crippen LogP) is 2.52. The standard InChI is InChI=1S/C11H20N4/c1-3-8(2)9-6-4-5-7-10(9)11-12-14-15-13-11/h8-10H,3-7H2,1-2H3,(H,12,13,14,15). The molecule has 0 aliphatic heterocycles. The SMILES string of the molecule is CCC(C)C1CCCCC1c1nn[nH]n1. The predicted molar refractivity (Wildman–Crippen MR) is 58.3 cm³/mol. The Bertz CT molecular complexity index is 283. The molecule has 4 heteroatoms. The molecule has 15 heavy (non-hydrogen) atoms. The van der Waals surface area contributed by atoms with Gasteiger partial charge in [-0.1, -0.05) is 38.3 Å². The Morgan fingerprint density at radius 3 is 2.87 bits per heavy atom. The van der Waals surface area contributed by atoms with Gasteiger partial charge in [0.05, 0.1) is 0 Å². The van der Waals surface area contributed by atoms with E-state index in [9.17, 15) is 0 Å². The first kappa shape index (κ1) is 10.6. The topological polar surface area (TPSA) is 54.5 Å². The van der Waals surface area contributed by atoms with Crippen LogP contribution in [-0.2, 0) is 0 Å². The van der Waals surface area contributed by atoms with Gasteiger partial charge >= 0.3 is 0 Å². The van der Waals surface area contributed by atoms with E-state index in [0.29, 0.717) is 5.92 Å². The maximum absolute atomic E-state index is 4.16. The molecule has 0 aromatic carbocycles. The van der Waals surface area contributed by atoms with E-state index in [2.05, 4.69) is 34.5 Å². The Morgan fingerprint density at radius 1 is 1.40 bits per heavy atom. The van der Waals surface area contributed by atoms with Crippen molar-refractivity contribution in [1.82, 2.24) is 20.6 Å². The van der Waals surface area contributed by atoms with Crippen LogP contribution in [0.25, 0.3) is 0 Å². The molecule has 1 saturated carbocycles. The third kappa shape index (κ3) is 2.19. The van der Waals surface area contributed by atoms with E-state index in [1.807, 2.05) is 0 Å². The van der Waals surface area contributed by atoms with E-state index in [1.54, 1.807) is 0 Å². The number of nitrogens with one attached hydrogen (secondary N) is 1. The van der Waals surface area contributed by atoms with Crippen molar-refractivity contribution < 1.29 is 0 Å². The molecule has 0 radical (unpaired) electrons. The van der Waals surface area contributed by atoms with Gasteiger partial charge in [0.15, 0.2) is 5.82 Å². The molecule has 3 atom stereocenters. The molecule has 0 spiro atoms. The number of rotatable bonds is 3. The molecule has 1 N–H and O–H groups in total. The summed E-state index contributed by atoms with van der Waals surface area (Å²) >= 11 is 0. The fourth-order valence-corrected chi connectivity index (χ4v) is 2.79. The third-order valence-corrected chi connectivity index (χ3v) is 3.89. The number of nitrogens with zero attached hydrogens (tertiary/aromatic N) is 3. The zero-order chi connectivity index (χ0) is 10.7. The van der Waals surface area contributed by atoms with Crippen LogP contribution in [0.3, 0.4) is 0 Å². The van der Waals surface area contributed by atoms with Crippen LogP contribution in [0.4, 0.5) is 0 Å². The zero-order valence-corrected chi connectivity index (χ0v) is 9.61. The molecule has 1 aromatic heterocycles. The van der Waals surface area contributed by atoms with Crippen molar-refractivity contribution in [2.24, 2.45) is 11.8 Å². The molecule has 1 aromatic rings. The van der Waals surface area contributed by atoms with Crippen LogP contribution in [0.15, 0.2) is 0 Å². The summed E-state index contributed by atoms with van der Waals surface area (Å²) < 4.78 is 0. The van der Waals surface area contributed by atoms with Crippen LogP contribution in [0.1, 0.15) is 57.7 Å². The van der Waals surface area contributed by atoms with Crippen molar-refractivity contribution in [2.75, 3.05) is 0 Å². The third-order valence-electron chi connectivity index (χ3n) is 3.89. The highest BCUT2D eigenvalue weighted by molar-refractivity contribution is 4.98. The highest BCUT2D eigenvalue weighted by atomic mass is 15.5. The van der Waals surface area contributed by atoms with Crippen molar-refractivity contribution in [3.63, 3.8) is 0 Å². The summed E-state index contributed by atoms with van der Waals surface area (Å²) in [6, 6.07) is 0. The summed E-state index contributed by atoms with van der Waals surface area (Å²) in [7, 11) is 0. The lowest BCUT2D eigenvalue weighted by molar-refractivity contribution is 0.214. The molecule has 1 aliphatic carbocycles. The van der Waals surface area contributed by atoms with Gasteiger partial charge in [0.2, 0.25) is 0 Å². The summed E-state index contributed by atoms with van der Waals surface area (Å²) in [6.07, 6.45) is 6.48. The van der Waals surface area contributed by atoms with E-state index in [1.165, 1.54) is 32.1 Å². The van der Waals surface area contributed by atoms with E-state index in [4.69, 9.17) is 0 Å². The van der Waals surface area contributed by atoms with Crippen LogP contribution in [0, 0.1) is 11.8 Å². The molecule has 0 bridgehead atoms. The first-order valence-electron chi connectivity index (χ1n) is 6.06. The Labute approximate surface area is 90.8 Å². The minimum atomic E-state index is 0.535. The lowest BCUT2D eigenvalue weighted by atomic mass is 9.72. The molecule has 0 saturated heterocycles. The summed E-state index contributed by atoms with van der Waals surface area (Å²) in [4.78, 5) is 0. The van der Waals surface area contributed by atoms with Gasteiger partial charge in [-0.2, -0.15) is 5.21 Å². The number of H-pyrrole nitrogens is 1. The molecule has 2 rings (SSSR count). The average Bonchev–Trinajstić information content (AvgIpc) is 2.81. The van der Waals surface area contributed by atoms with Crippen LogP contribution in [-0.4, -0.2) is 20.6 Å². The lowest BCUT2D eigenvalue weighted by Gasteiger charge is -2.33. The molecule has 1 heterocycles. The second kappa shape index (κ2) is 4.73. The van der Waals surface area contributed by atoms with Crippen LogP contribution < -0.4 is 0 Å². The minimum Gasteiger partial charge on any atom is -0.177 e. The molecule has 1 fully saturated rings. The largest absolute Gasteiger partial charge is 0.177 e. The van der Waals surface area contributed by atoms with Crippen LogP contribution in [0.5, 0.6) is 0 Å². The summed E-state index contributed by atoms with van der Waals surface area (Å²) in [5.41, 5.74) is 0. The quantitative estimate of drug-likeness (QED) is 0.830. The lowest BCUT2D eigenvalue weighted by Crippen LogP contribution is -2.24. The smallest absolute Gasteiger partial charge is 0.177 e. The maximum atomic E-state index is 4.16. The van der Waals surface area contributed by atoms with E-state index in [0.717, 1.165) is 17.7 Å². The van der Waals surface area contributed by atoms with Crippen molar-refractivity contribution in [1.29, 1.82) is 0 Å². The number of aromatic amines is 1. The summed E-state index contributed by atoms with van der Waals surface area (Å²) in [5.74, 6) is 2.99. The molecular weight excluding hydrogens is 188 g/mol. The van der Waals surface area contributed by atoms with E-state index in [-0.39, 0.29) is 0 Å². The van der Waals surface area contributed by atoms with Crippen molar-refractivity contribution in [3.05, 3.63) is 5.82 Å². The monoisotopic (exact) mass is 208 g/mol. The Morgan fingerprint density at radius 2 is 2.20 bits per heavy atom. The number of hydrogen-bond donors (Lipinski definition) is 1. The first-order chi connectivity index (χ1) is 7.33. The van der Waals surface area contributed by atoms with Gasteiger partial charge in [-0.3, -0.25) is 0 Å². The number of tetrazole rings is 1. The van der Waals surface area contributed by atoms with Crippen molar-refractivity contribution in [3.8, 4) is 0 Å². The summed E-state index contributed by atoms with van der Waals surface area (Å²) in [6.45, 7) is 4.62. The first-order valence-corrected chi connectivity index (χ1v) is 6.06. The average molecular weight is 208 g/mol. The van der Waals surface area contributed by atoms with E-state index >= 15 is 0 Å². The van der Waals surface area contributed by atoms with Gasteiger partial charge < -0.3 is 0 Å². The molecule has 84 valence electrons. The van der Waals surface area contributed by atoms with Gasteiger partial charge in [0.25, 0.3) is 0 Å². The maximum Gasteiger partial charge on any atom is 0.177 e. The normalized spacial score (nSPS) is 28.9. The Hall–Kier alpha value is -0.930. The number of aromatic nitrogens is 4. The van der Waals surface area contributed by atoms with Crippen LogP contribution in [0.2, 0.25) is 0 Å². The molecule has 0 amide bonds. The molecular formula is C11H20N4. The van der Waals surface area contributed by atoms with Gasteiger partial charge in [-0.25, -0.2) is 0 Å². The molecule has 4 nitrogen and oxygen atoms in total. The van der Waals surface area contributed by atoms with Gasteiger partial charge in [0.1, 0.15) is 0 Å². The van der Waals surface area contributed by atoms with Crippen LogP contribution >= 0.6 is 0 Å². The molecule has 3 unspecified atom stereocenters. The van der Waals surface area contributed by atoms with Gasteiger partial charge in [-0.05, 0) is 24.7 Å². The van der Waals surface area contributed by atoms with Crippen molar-refractivity contribution in [2.45, 2.75) is 51.9 Å². The zero-order valence-electron chi connectivity index (χ0n) is 9.61. The van der Waals surface area contributed by atoms with Crippen molar-refractivity contribution >= 4 is 0 Å². The number of hydrogen-bond acceptors (Lipinski definition) is 3. The second-order valence-corrected chi connectivity index (χ2v) is 4.71. The fraction of sp³-hybridized carbons (Fsp3) is 0.909. The minimum absolute atomic E-state index is 0.535. The highest BCUT2D eigenvalue weighted by Crippen LogP contribution is 2.41. The second-order valence-electron chi connectivity index (χ2n) is 4.71. The Balaban J connectivity index is 2.12. The Kier molecular flexibility index (Phi) is 3.34. The fourth-order valence-electron chi connectivity index (χ4n) is 2.79. The summed E-state index contributed by atoms with van der Waals surface area (Å²) in [5, 5.41) is 14.6. The van der Waals surface area contributed by atoms with Gasteiger partial charge in [-0.15, -0.1) is 10.2 Å². The van der Waals surface area contributed by atoms with E-state index < -0.39 is 0 Å². The van der Waals surface area contributed by atoms with Gasteiger partial charge in [0, 0.05) is 5.92 Å².